The SMILES string of the molecule is CNc1nn2c(=O)cnnc2s1. The van der Waals surface area contributed by atoms with Gasteiger partial charge in [0, 0.05) is 7.05 Å². The molecule has 0 amide bonds. The normalized spacial score (nSPS) is 10.4. The van der Waals surface area contributed by atoms with E-state index in [2.05, 4.69) is 20.6 Å². The number of hydrogen-bond acceptors (Lipinski definition) is 6. The second kappa shape index (κ2) is 2.52. The Balaban J connectivity index is 2.83. The van der Waals surface area contributed by atoms with Gasteiger partial charge in [-0.15, -0.1) is 10.2 Å². The van der Waals surface area contributed by atoms with Crippen molar-refractivity contribution in [1.82, 2.24) is 19.8 Å². The van der Waals surface area contributed by atoms with E-state index in [0.717, 1.165) is 6.20 Å². The fourth-order valence-corrected chi connectivity index (χ4v) is 1.48. The molecule has 0 radical (unpaired) electrons. The highest BCUT2D eigenvalue weighted by atomic mass is 32.1. The summed E-state index contributed by atoms with van der Waals surface area (Å²) in [6.45, 7) is 0. The molecule has 0 bridgehead atoms. The van der Waals surface area contributed by atoms with Crippen LogP contribution in [0.1, 0.15) is 0 Å². The van der Waals surface area contributed by atoms with Crippen LogP contribution in [0.5, 0.6) is 0 Å². The number of aromatic nitrogens is 4. The average Bonchev–Trinajstić information content (AvgIpc) is 2.49. The van der Waals surface area contributed by atoms with Gasteiger partial charge in [0.2, 0.25) is 10.1 Å². The zero-order valence-corrected chi connectivity index (χ0v) is 7.00. The Morgan fingerprint density at radius 3 is 3.17 bits per heavy atom. The van der Waals surface area contributed by atoms with Crippen molar-refractivity contribution in [1.29, 1.82) is 0 Å². The van der Waals surface area contributed by atoms with E-state index in [1.54, 1.807) is 7.05 Å². The molecule has 7 heteroatoms. The van der Waals surface area contributed by atoms with Crippen molar-refractivity contribution in [3.05, 3.63) is 16.6 Å². The van der Waals surface area contributed by atoms with Crippen LogP contribution in [0, 0.1) is 0 Å². The molecule has 0 aliphatic carbocycles. The van der Waals surface area contributed by atoms with Gasteiger partial charge >= 0.3 is 0 Å². The molecular weight excluding hydrogens is 178 g/mol. The maximum absolute atomic E-state index is 11.1. The molecule has 0 aromatic carbocycles. The molecule has 1 N–H and O–H groups in total. The first-order valence-electron chi connectivity index (χ1n) is 3.20. The highest BCUT2D eigenvalue weighted by Crippen LogP contribution is 2.13. The Bertz CT molecular complexity index is 460. The standard InChI is InChI=1S/C5H5N5OS/c1-6-4-9-10-3(11)2-7-8-5(10)12-4/h2H,1H3,(H,6,9). The molecule has 0 aliphatic rings. The van der Waals surface area contributed by atoms with Gasteiger partial charge in [0.15, 0.2) is 0 Å². The number of hydrogen-bond donors (Lipinski definition) is 1. The van der Waals surface area contributed by atoms with Crippen LogP contribution in [-0.2, 0) is 0 Å². The Kier molecular flexibility index (Phi) is 1.51. The Morgan fingerprint density at radius 2 is 2.50 bits per heavy atom. The van der Waals surface area contributed by atoms with Gasteiger partial charge in [0.1, 0.15) is 6.20 Å². The van der Waals surface area contributed by atoms with Gasteiger partial charge in [-0.2, -0.15) is 9.61 Å². The van der Waals surface area contributed by atoms with Crippen molar-refractivity contribution in [2.75, 3.05) is 12.4 Å². The van der Waals surface area contributed by atoms with E-state index in [4.69, 9.17) is 0 Å². The summed E-state index contributed by atoms with van der Waals surface area (Å²) >= 11 is 1.28. The molecule has 2 rings (SSSR count). The zero-order valence-electron chi connectivity index (χ0n) is 6.18. The summed E-state index contributed by atoms with van der Waals surface area (Å²) in [7, 11) is 1.73. The smallest absolute Gasteiger partial charge is 0.293 e. The Labute approximate surface area is 70.9 Å². The summed E-state index contributed by atoms with van der Waals surface area (Å²) < 4.78 is 1.21. The van der Waals surface area contributed by atoms with Crippen LogP contribution in [0.15, 0.2) is 11.0 Å². The number of nitrogens with zero attached hydrogens (tertiary/aromatic N) is 4. The number of rotatable bonds is 1. The monoisotopic (exact) mass is 183 g/mol. The lowest BCUT2D eigenvalue weighted by Gasteiger charge is -1.84. The molecule has 0 fully saturated rings. The summed E-state index contributed by atoms with van der Waals surface area (Å²) in [5.41, 5.74) is -0.266. The number of fused-ring (bicyclic) bond motifs is 1. The van der Waals surface area contributed by atoms with Crippen LogP contribution >= 0.6 is 11.3 Å². The fourth-order valence-electron chi connectivity index (χ4n) is 0.773. The minimum absolute atomic E-state index is 0.266. The first kappa shape index (κ1) is 7.17. The molecule has 0 aliphatic heterocycles. The second-order valence-electron chi connectivity index (χ2n) is 2.03. The summed E-state index contributed by atoms with van der Waals surface area (Å²) in [6, 6.07) is 0. The van der Waals surface area contributed by atoms with Gasteiger partial charge in [0.05, 0.1) is 0 Å². The second-order valence-corrected chi connectivity index (χ2v) is 2.99. The Morgan fingerprint density at radius 1 is 1.67 bits per heavy atom. The van der Waals surface area contributed by atoms with Gasteiger partial charge in [-0.05, 0) is 0 Å². The van der Waals surface area contributed by atoms with E-state index < -0.39 is 0 Å². The van der Waals surface area contributed by atoms with Crippen LogP contribution in [0.2, 0.25) is 0 Å². The fraction of sp³-hybridized carbons (Fsp3) is 0.200. The summed E-state index contributed by atoms with van der Waals surface area (Å²) in [6.07, 6.45) is 1.13. The third-order valence-electron chi connectivity index (χ3n) is 1.29. The Hall–Kier alpha value is -1.50. The molecule has 0 spiro atoms. The maximum Gasteiger partial charge on any atom is 0.293 e. The summed E-state index contributed by atoms with van der Waals surface area (Å²) in [5, 5.41) is 14.7. The molecular formula is C5H5N5OS. The van der Waals surface area contributed by atoms with Gasteiger partial charge < -0.3 is 5.32 Å². The summed E-state index contributed by atoms with van der Waals surface area (Å²) in [5.74, 6) is 0. The van der Waals surface area contributed by atoms with Gasteiger partial charge in [-0.3, -0.25) is 4.79 Å². The van der Waals surface area contributed by atoms with Crippen molar-refractivity contribution >= 4 is 21.4 Å². The molecule has 0 saturated carbocycles. The van der Waals surface area contributed by atoms with E-state index in [0.29, 0.717) is 10.1 Å². The molecule has 62 valence electrons. The average molecular weight is 183 g/mol. The van der Waals surface area contributed by atoms with E-state index in [-0.39, 0.29) is 5.56 Å². The van der Waals surface area contributed by atoms with Crippen molar-refractivity contribution in [3.8, 4) is 0 Å². The zero-order chi connectivity index (χ0) is 8.55. The van der Waals surface area contributed by atoms with Crippen LogP contribution in [-0.4, -0.2) is 26.9 Å². The van der Waals surface area contributed by atoms with Crippen molar-refractivity contribution in [3.63, 3.8) is 0 Å². The van der Waals surface area contributed by atoms with Gasteiger partial charge in [0.25, 0.3) is 5.56 Å². The minimum atomic E-state index is -0.266. The minimum Gasteiger partial charge on any atom is -0.363 e. The van der Waals surface area contributed by atoms with Crippen molar-refractivity contribution < 1.29 is 0 Å². The predicted octanol–water partition coefficient (Wildman–Crippen LogP) is -0.412. The third kappa shape index (κ3) is 0.944. The van der Waals surface area contributed by atoms with Crippen LogP contribution < -0.4 is 10.9 Å². The third-order valence-corrected chi connectivity index (χ3v) is 2.21. The first-order chi connectivity index (χ1) is 5.81. The first-order valence-corrected chi connectivity index (χ1v) is 4.02. The maximum atomic E-state index is 11.1. The largest absolute Gasteiger partial charge is 0.363 e. The van der Waals surface area contributed by atoms with Gasteiger partial charge in [-0.25, -0.2) is 0 Å². The number of nitrogens with one attached hydrogen (secondary N) is 1. The molecule has 2 heterocycles. The highest BCUT2D eigenvalue weighted by Gasteiger charge is 2.03. The van der Waals surface area contributed by atoms with Crippen LogP contribution in [0.25, 0.3) is 4.96 Å². The van der Waals surface area contributed by atoms with Crippen LogP contribution in [0.4, 0.5) is 5.13 Å². The van der Waals surface area contributed by atoms with Crippen molar-refractivity contribution in [2.24, 2.45) is 0 Å². The van der Waals surface area contributed by atoms with Crippen LogP contribution in [0.3, 0.4) is 0 Å². The molecule has 6 nitrogen and oxygen atoms in total. The van der Waals surface area contributed by atoms with E-state index >= 15 is 0 Å². The predicted molar refractivity (Wildman–Crippen MR) is 44.5 cm³/mol. The highest BCUT2D eigenvalue weighted by molar-refractivity contribution is 7.20. The molecule has 0 saturated heterocycles. The van der Waals surface area contributed by atoms with Gasteiger partial charge in [-0.1, -0.05) is 11.3 Å². The lowest BCUT2D eigenvalue weighted by Crippen LogP contribution is -2.14. The lowest BCUT2D eigenvalue weighted by atomic mass is 10.9. The lowest BCUT2D eigenvalue weighted by molar-refractivity contribution is 0.855. The molecule has 2 aromatic heterocycles. The summed E-state index contributed by atoms with van der Waals surface area (Å²) in [4.78, 5) is 11.6. The quantitative estimate of drug-likeness (QED) is 0.650. The number of anilines is 1. The molecule has 0 atom stereocenters. The topological polar surface area (TPSA) is 72.2 Å². The van der Waals surface area contributed by atoms with E-state index in [9.17, 15) is 4.79 Å². The molecule has 12 heavy (non-hydrogen) atoms. The van der Waals surface area contributed by atoms with E-state index in [1.165, 1.54) is 15.9 Å². The van der Waals surface area contributed by atoms with Crippen molar-refractivity contribution in [2.45, 2.75) is 0 Å². The van der Waals surface area contributed by atoms with E-state index in [1.807, 2.05) is 0 Å². The molecule has 0 unspecified atom stereocenters. The molecule has 2 aromatic rings.